The van der Waals surface area contributed by atoms with Gasteiger partial charge >= 0.3 is 0 Å². The zero-order chi connectivity index (χ0) is 12.2. The summed E-state index contributed by atoms with van der Waals surface area (Å²) in [6.07, 6.45) is 0. The summed E-state index contributed by atoms with van der Waals surface area (Å²) in [6, 6.07) is 8.04. The van der Waals surface area contributed by atoms with E-state index in [1.54, 1.807) is 28.7 Å². The van der Waals surface area contributed by atoms with E-state index in [1.807, 2.05) is 0 Å². The molecular weight excluding hydrogens is 222 g/mol. The second-order valence-electron chi connectivity index (χ2n) is 3.74. The molecule has 0 saturated carbocycles. The van der Waals surface area contributed by atoms with Gasteiger partial charge in [-0.05, 0) is 30.3 Å². The van der Waals surface area contributed by atoms with E-state index in [0.717, 1.165) is 5.52 Å². The van der Waals surface area contributed by atoms with Crippen molar-refractivity contribution in [3.8, 4) is 0 Å². The van der Waals surface area contributed by atoms with E-state index in [-0.39, 0.29) is 11.1 Å². The summed E-state index contributed by atoms with van der Waals surface area (Å²) in [5.74, 6) is -3.04. The van der Waals surface area contributed by atoms with Crippen molar-refractivity contribution < 1.29 is 19.8 Å². The summed E-state index contributed by atoms with van der Waals surface area (Å²) in [4.78, 5) is 22.0. The van der Waals surface area contributed by atoms with E-state index in [4.69, 9.17) is 0 Å². The fourth-order valence-electron chi connectivity index (χ4n) is 2.16. The summed E-state index contributed by atoms with van der Waals surface area (Å²) in [5.41, 5.74) is 1.03. The first-order valence-electron chi connectivity index (χ1n) is 4.89. The lowest BCUT2D eigenvalue weighted by Crippen LogP contribution is -2.30. The maximum Gasteiger partial charge on any atom is 0.0743 e. The van der Waals surface area contributed by atoms with Crippen LogP contribution in [0.4, 0.5) is 0 Å². The van der Waals surface area contributed by atoms with Crippen LogP contribution < -0.4 is 10.2 Å². The zero-order valence-electron chi connectivity index (χ0n) is 8.47. The molecule has 5 nitrogen and oxygen atoms in total. The number of rotatable bonds is 2. The molecule has 17 heavy (non-hydrogen) atoms. The van der Waals surface area contributed by atoms with Crippen molar-refractivity contribution in [3.05, 3.63) is 41.5 Å². The van der Waals surface area contributed by atoms with Gasteiger partial charge in [-0.2, -0.15) is 0 Å². The molecule has 3 aromatic heterocycles. The smallest absolute Gasteiger partial charge is 0.0743 e. The molecule has 0 spiro atoms. The minimum atomic E-state index is -1.52. The van der Waals surface area contributed by atoms with Gasteiger partial charge in [-0.1, -0.05) is 0 Å². The number of aromatic nitrogens is 1. The minimum Gasteiger partial charge on any atom is -0.545 e. The van der Waals surface area contributed by atoms with E-state index < -0.39 is 11.9 Å². The first-order valence-corrected chi connectivity index (χ1v) is 4.89. The molecule has 0 atom stereocenters. The maximum atomic E-state index is 11.0. The third-order valence-corrected chi connectivity index (χ3v) is 2.84. The Labute approximate surface area is 94.9 Å². The van der Waals surface area contributed by atoms with Gasteiger partial charge in [0, 0.05) is 22.2 Å². The topological polar surface area (TPSA) is 84.7 Å². The number of carbonyl (C=O) groups excluding carboxylic acids is 2. The van der Waals surface area contributed by atoms with Gasteiger partial charge in [-0.3, -0.25) is 0 Å². The van der Waals surface area contributed by atoms with Gasteiger partial charge in [-0.25, -0.2) is 0 Å². The average Bonchev–Trinajstić information content (AvgIpc) is 2.85. The van der Waals surface area contributed by atoms with Crippen LogP contribution in [0.3, 0.4) is 0 Å². The molecule has 0 radical (unpaired) electrons. The molecule has 3 rings (SSSR count). The number of aromatic carboxylic acids is 2. The van der Waals surface area contributed by atoms with Crippen LogP contribution in [0.5, 0.6) is 0 Å². The number of hydrogen-bond donors (Lipinski definition) is 0. The number of hydrogen-bond acceptors (Lipinski definition) is 4. The van der Waals surface area contributed by atoms with Crippen molar-refractivity contribution in [1.82, 2.24) is 4.40 Å². The fourth-order valence-corrected chi connectivity index (χ4v) is 2.16. The normalized spacial score (nSPS) is 11.3. The standard InChI is InChI=1S/C12H7NO4/c14-11(15)8-5-7-2-1-6-3-4-9(13(6)7)10(8)12(16)17/h1-5H,(H,14,15)(H,16,17)/p-2. The van der Waals surface area contributed by atoms with Crippen LogP contribution in [0.25, 0.3) is 16.6 Å². The number of carboxylic acid groups (broad SMARTS) is 2. The molecule has 3 heterocycles. The van der Waals surface area contributed by atoms with E-state index in [1.165, 1.54) is 6.07 Å². The second-order valence-corrected chi connectivity index (χ2v) is 3.74. The van der Waals surface area contributed by atoms with Gasteiger partial charge in [0.05, 0.1) is 17.5 Å². The highest BCUT2D eigenvalue weighted by Crippen LogP contribution is 2.25. The highest BCUT2D eigenvalue weighted by molar-refractivity contribution is 6.07. The number of pyridine rings is 1. The number of nitrogens with zero attached hydrogens (tertiary/aromatic N) is 1. The Morgan fingerprint density at radius 1 is 0.941 bits per heavy atom. The largest absolute Gasteiger partial charge is 0.545 e. The molecule has 0 aromatic carbocycles. The monoisotopic (exact) mass is 227 g/mol. The van der Waals surface area contributed by atoms with Gasteiger partial charge < -0.3 is 24.2 Å². The first kappa shape index (κ1) is 9.65. The van der Waals surface area contributed by atoms with Gasteiger partial charge in [0.15, 0.2) is 0 Å². The molecule has 0 unspecified atom stereocenters. The van der Waals surface area contributed by atoms with Crippen molar-refractivity contribution >= 4 is 28.5 Å². The van der Waals surface area contributed by atoms with E-state index >= 15 is 0 Å². The van der Waals surface area contributed by atoms with Crippen LogP contribution in [-0.2, 0) is 0 Å². The molecule has 0 aliphatic carbocycles. The molecule has 0 amide bonds. The minimum absolute atomic E-state index is 0.307. The van der Waals surface area contributed by atoms with Crippen molar-refractivity contribution in [2.24, 2.45) is 0 Å². The lowest BCUT2D eigenvalue weighted by molar-refractivity contribution is -0.259. The Balaban J connectivity index is 2.57. The zero-order valence-corrected chi connectivity index (χ0v) is 8.47. The Morgan fingerprint density at radius 3 is 2.24 bits per heavy atom. The molecule has 0 N–H and O–H groups in total. The summed E-state index contributed by atoms with van der Waals surface area (Å²) >= 11 is 0. The third-order valence-electron chi connectivity index (χ3n) is 2.84. The predicted molar refractivity (Wildman–Crippen MR) is 54.8 cm³/mol. The summed E-state index contributed by atoms with van der Waals surface area (Å²) < 4.78 is 1.66. The molecule has 0 fully saturated rings. The number of carboxylic acids is 2. The molecular formula is C12H5NO4-2. The van der Waals surface area contributed by atoms with Crippen LogP contribution >= 0.6 is 0 Å². The quantitative estimate of drug-likeness (QED) is 0.577. The highest BCUT2D eigenvalue weighted by Gasteiger charge is 2.14. The first-order chi connectivity index (χ1) is 8.09. The second kappa shape index (κ2) is 2.98. The van der Waals surface area contributed by atoms with Crippen molar-refractivity contribution in [2.75, 3.05) is 0 Å². The lowest BCUT2D eigenvalue weighted by Gasteiger charge is -2.14. The Bertz CT molecular complexity index is 756. The van der Waals surface area contributed by atoms with Crippen molar-refractivity contribution in [2.45, 2.75) is 0 Å². The van der Waals surface area contributed by atoms with Gasteiger partial charge in [0.2, 0.25) is 0 Å². The van der Waals surface area contributed by atoms with E-state index in [9.17, 15) is 19.8 Å². The molecule has 84 valence electrons. The fraction of sp³-hybridized carbons (Fsp3) is 0. The Hall–Kier alpha value is -2.56. The molecule has 0 aliphatic heterocycles. The maximum absolute atomic E-state index is 11.0. The van der Waals surface area contributed by atoms with Crippen LogP contribution in [0.15, 0.2) is 30.3 Å². The SMILES string of the molecule is O=C([O-])c1cc2ccc3ccc(c1C(=O)[O-])n32. The number of carbonyl (C=O) groups is 2. The van der Waals surface area contributed by atoms with Gasteiger partial charge in [0.1, 0.15) is 0 Å². The Morgan fingerprint density at radius 2 is 1.59 bits per heavy atom. The van der Waals surface area contributed by atoms with Crippen LogP contribution in [0.2, 0.25) is 0 Å². The lowest BCUT2D eigenvalue weighted by atomic mass is 10.1. The summed E-state index contributed by atoms with van der Waals surface area (Å²) in [6.45, 7) is 0. The Kier molecular flexibility index (Phi) is 1.69. The van der Waals surface area contributed by atoms with Crippen molar-refractivity contribution in [3.63, 3.8) is 0 Å². The molecule has 3 aromatic rings. The molecule has 0 aliphatic rings. The summed E-state index contributed by atoms with van der Waals surface area (Å²) in [5, 5.41) is 22.0. The van der Waals surface area contributed by atoms with Crippen LogP contribution in [-0.4, -0.2) is 16.3 Å². The van der Waals surface area contributed by atoms with Gasteiger partial charge in [-0.15, -0.1) is 0 Å². The highest BCUT2D eigenvalue weighted by atomic mass is 16.4. The molecule has 0 saturated heterocycles. The summed E-state index contributed by atoms with van der Waals surface area (Å²) in [7, 11) is 0. The predicted octanol–water partition coefficient (Wildman–Crippen LogP) is -0.743. The van der Waals surface area contributed by atoms with E-state index in [0.29, 0.717) is 11.0 Å². The molecule has 0 bridgehead atoms. The molecule has 5 heteroatoms. The van der Waals surface area contributed by atoms with Crippen LogP contribution in [0, 0.1) is 0 Å². The van der Waals surface area contributed by atoms with Crippen LogP contribution in [0.1, 0.15) is 20.7 Å². The van der Waals surface area contributed by atoms with Gasteiger partial charge in [0.25, 0.3) is 0 Å². The van der Waals surface area contributed by atoms with E-state index in [2.05, 4.69) is 0 Å². The van der Waals surface area contributed by atoms with Crippen molar-refractivity contribution in [1.29, 1.82) is 0 Å². The third kappa shape index (κ3) is 1.13. The average molecular weight is 227 g/mol.